The smallest absolute Gasteiger partial charge is 0.227 e. The zero-order valence-corrected chi connectivity index (χ0v) is 15.1. The largest absolute Gasteiger partial charge is 0.363 e. The number of fused-ring (bicyclic) bond motifs is 1. The van der Waals surface area contributed by atoms with Crippen molar-refractivity contribution >= 4 is 17.6 Å². The van der Waals surface area contributed by atoms with Gasteiger partial charge in [0, 0.05) is 46.1 Å². The minimum absolute atomic E-state index is 0.446. The Bertz CT molecular complexity index is 748. The number of piperidine rings is 1. The molecule has 0 aromatic carbocycles. The summed E-state index contributed by atoms with van der Waals surface area (Å²) in [5, 5.41) is 0. The summed E-state index contributed by atoms with van der Waals surface area (Å²) in [5.74, 6) is 4.36. The van der Waals surface area contributed by atoms with Gasteiger partial charge in [-0.05, 0) is 37.8 Å². The van der Waals surface area contributed by atoms with E-state index in [1.807, 2.05) is 50.4 Å². The highest BCUT2D eigenvalue weighted by molar-refractivity contribution is 5.46. The van der Waals surface area contributed by atoms with Crippen molar-refractivity contribution in [2.24, 2.45) is 5.92 Å². The van der Waals surface area contributed by atoms with Gasteiger partial charge in [-0.2, -0.15) is 4.98 Å². The Hall–Kier alpha value is -2.44. The Kier molecular flexibility index (Phi) is 4.15. The van der Waals surface area contributed by atoms with Crippen LogP contribution in [0, 0.1) is 12.8 Å². The molecule has 2 aliphatic rings. The monoisotopic (exact) mass is 339 g/mol. The summed E-state index contributed by atoms with van der Waals surface area (Å²) in [6.45, 7) is 5.00. The number of hydrogen-bond acceptors (Lipinski definition) is 7. The summed E-state index contributed by atoms with van der Waals surface area (Å²) < 4.78 is 0. The molecule has 0 bridgehead atoms. The maximum atomic E-state index is 4.75. The molecule has 2 aromatic heterocycles. The third-order valence-corrected chi connectivity index (χ3v) is 5.29. The highest BCUT2D eigenvalue weighted by Crippen LogP contribution is 2.35. The van der Waals surface area contributed by atoms with Gasteiger partial charge < -0.3 is 14.7 Å². The molecule has 2 unspecified atom stereocenters. The van der Waals surface area contributed by atoms with Crippen LogP contribution in [0.2, 0.25) is 0 Å². The lowest BCUT2D eigenvalue weighted by Crippen LogP contribution is -2.49. The fourth-order valence-electron chi connectivity index (χ4n) is 3.94. The molecule has 7 heteroatoms. The molecule has 0 aliphatic carbocycles. The standard InChI is InChI=1S/C18H25N7/c1-13-19-8-5-17(21-13)24-10-6-14-7-11-25(15(14)12-24)18-20-9-4-16(22-18)23(2)3/h4-5,8-9,14-15H,6-7,10-12H2,1-3H3. The molecule has 0 saturated carbocycles. The van der Waals surface area contributed by atoms with Gasteiger partial charge in [0.2, 0.25) is 5.95 Å². The van der Waals surface area contributed by atoms with Crippen molar-refractivity contribution < 1.29 is 0 Å². The van der Waals surface area contributed by atoms with Crippen molar-refractivity contribution in [3.05, 3.63) is 30.4 Å². The van der Waals surface area contributed by atoms with Crippen molar-refractivity contribution in [1.29, 1.82) is 0 Å². The second-order valence-corrected chi connectivity index (χ2v) is 7.12. The fraction of sp³-hybridized carbons (Fsp3) is 0.556. The van der Waals surface area contributed by atoms with Crippen LogP contribution in [-0.2, 0) is 0 Å². The molecule has 2 aromatic rings. The van der Waals surface area contributed by atoms with Gasteiger partial charge >= 0.3 is 0 Å². The topological polar surface area (TPSA) is 61.3 Å². The quantitative estimate of drug-likeness (QED) is 0.844. The normalized spacial score (nSPS) is 22.8. The zero-order valence-electron chi connectivity index (χ0n) is 15.1. The predicted molar refractivity (Wildman–Crippen MR) is 99.2 cm³/mol. The van der Waals surface area contributed by atoms with Crippen LogP contribution >= 0.6 is 0 Å². The average Bonchev–Trinajstić information content (AvgIpc) is 3.05. The van der Waals surface area contributed by atoms with E-state index in [0.29, 0.717) is 12.0 Å². The Balaban J connectivity index is 1.57. The van der Waals surface area contributed by atoms with Gasteiger partial charge in [0.25, 0.3) is 0 Å². The number of rotatable bonds is 3. The lowest BCUT2D eigenvalue weighted by Gasteiger charge is -2.39. The van der Waals surface area contributed by atoms with Gasteiger partial charge in [-0.3, -0.25) is 0 Å². The highest BCUT2D eigenvalue weighted by atomic mass is 15.3. The Morgan fingerprint density at radius 1 is 1.04 bits per heavy atom. The molecule has 4 rings (SSSR count). The zero-order chi connectivity index (χ0) is 17.4. The molecule has 2 atom stereocenters. The Labute approximate surface area is 148 Å². The molecule has 2 fully saturated rings. The number of anilines is 3. The lowest BCUT2D eigenvalue weighted by molar-refractivity contribution is 0.387. The number of aromatic nitrogens is 4. The summed E-state index contributed by atoms with van der Waals surface area (Å²) in [6, 6.07) is 4.41. The van der Waals surface area contributed by atoms with E-state index in [1.165, 1.54) is 12.8 Å². The van der Waals surface area contributed by atoms with Crippen LogP contribution in [0.1, 0.15) is 18.7 Å². The van der Waals surface area contributed by atoms with Crippen molar-refractivity contribution in [3.8, 4) is 0 Å². The minimum Gasteiger partial charge on any atom is -0.363 e. The van der Waals surface area contributed by atoms with Crippen molar-refractivity contribution in [2.75, 3.05) is 48.4 Å². The third kappa shape index (κ3) is 3.10. The lowest BCUT2D eigenvalue weighted by atomic mass is 9.92. The molecule has 0 amide bonds. The predicted octanol–water partition coefficient (Wildman–Crippen LogP) is 1.75. The molecule has 25 heavy (non-hydrogen) atoms. The molecular weight excluding hydrogens is 314 g/mol. The number of hydrogen-bond donors (Lipinski definition) is 0. The SMILES string of the molecule is Cc1nccc(N2CCC3CCN(c4nccc(N(C)C)n4)C3C2)n1. The summed E-state index contributed by atoms with van der Waals surface area (Å²) in [4.78, 5) is 24.9. The van der Waals surface area contributed by atoms with Gasteiger partial charge in [0.15, 0.2) is 0 Å². The molecular formula is C18H25N7. The number of aryl methyl sites for hydroxylation is 1. The second kappa shape index (κ2) is 6.46. The van der Waals surface area contributed by atoms with Crippen LogP contribution in [0.15, 0.2) is 24.5 Å². The van der Waals surface area contributed by atoms with E-state index in [9.17, 15) is 0 Å². The third-order valence-electron chi connectivity index (χ3n) is 5.29. The van der Waals surface area contributed by atoms with Crippen molar-refractivity contribution in [3.63, 3.8) is 0 Å². The molecule has 2 saturated heterocycles. The van der Waals surface area contributed by atoms with E-state index in [-0.39, 0.29) is 0 Å². The van der Waals surface area contributed by atoms with Crippen LogP contribution in [0.5, 0.6) is 0 Å². The van der Waals surface area contributed by atoms with Gasteiger partial charge in [0.1, 0.15) is 17.5 Å². The van der Waals surface area contributed by atoms with Crippen molar-refractivity contribution in [2.45, 2.75) is 25.8 Å². The van der Waals surface area contributed by atoms with Crippen molar-refractivity contribution in [1.82, 2.24) is 19.9 Å². The fourth-order valence-corrected chi connectivity index (χ4v) is 3.94. The molecule has 0 radical (unpaired) electrons. The average molecular weight is 339 g/mol. The maximum absolute atomic E-state index is 4.75. The first-order valence-corrected chi connectivity index (χ1v) is 8.93. The van der Waals surface area contributed by atoms with Gasteiger partial charge in [-0.25, -0.2) is 15.0 Å². The summed E-state index contributed by atoms with van der Waals surface area (Å²) in [7, 11) is 4.03. The van der Waals surface area contributed by atoms with E-state index < -0.39 is 0 Å². The van der Waals surface area contributed by atoms with E-state index in [0.717, 1.165) is 43.0 Å². The first kappa shape index (κ1) is 16.1. The highest BCUT2D eigenvalue weighted by Gasteiger charge is 2.40. The first-order chi connectivity index (χ1) is 12.1. The molecule has 4 heterocycles. The van der Waals surface area contributed by atoms with Crippen LogP contribution in [-0.4, -0.2) is 59.7 Å². The maximum Gasteiger partial charge on any atom is 0.227 e. The summed E-state index contributed by atoms with van der Waals surface area (Å²) in [6.07, 6.45) is 6.12. The Morgan fingerprint density at radius 2 is 1.84 bits per heavy atom. The van der Waals surface area contributed by atoms with Crippen LogP contribution in [0.3, 0.4) is 0 Å². The molecule has 0 N–H and O–H groups in total. The summed E-state index contributed by atoms with van der Waals surface area (Å²) >= 11 is 0. The van der Waals surface area contributed by atoms with E-state index in [1.54, 1.807) is 0 Å². The van der Waals surface area contributed by atoms with Crippen LogP contribution < -0.4 is 14.7 Å². The van der Waals surface area contributed by atoms with Crippen LogP contribution in [0.4, 0.5) is 17.6 Å². The Morgan fingerprint density at radius 3 is 2.64 bits per heavy atom. The number of nitrogens with zero attached hydrogens (tertiary/aromatic N) is 7. The van der Waals surface area contributed by atoms with Gasteiger partial charge in [-0.1, -0.05) is 0 Å². The molecule has 2 aliphatic heterocycles. The van der Waals surface area contributed by atoms with E-state index >= 15 is 0 Å². The van der Waals surface area contributed by atoms with E-state index in [4.69, 9.17) is 4.98 Å². The van der Waals surface area contributed by atoms with Crippen LogP contribution in [0.25, 0.3) is 0 Å². The summed E-state index contributed by atoms with van der Waals surface area (Å²) in [5.41, 5.74) is 0. The van der Waals surface area contributed by atoms with E-state index in [2.05, 4.69) is 24.8 Å². The molecule has 0 spiro atoms. The minimum atomic E-state index is 0.446. The van der Waals surface area contributed by atoms with Gasteiger partial charge in [-0.15, -0.1) is 0 Å². The second-order valence-electron chi connectivity index (χ2n) is 7.12. The van der Waals surface area contributed by atoms with Gasteiger partial charge in [0.05, 0.1) is 6.04 Å². The molecule has 132 valence electrons. The first-order valence-electron chi connectivity index (χ1n) is 8.93. The molecule has 7 nitrogen and oxygen atoms in total.